The first-order valence-corrected chi connectivity index (χ1v) is 6.43. The largest absolute Gasteiger partial charge is 0.444 e. The van der Waals surface area contributed by atoms with E-state index in [0.717, 1.165) is 5.56 Å². The van der Waals surface area contributed by atoms with Gasteiger partial charge in [0.15, 0.2) is 10.4 Å². The van der Waals surface area contributed by atoms with E-state index in [4.69, 9.17) is 14.6 Å². The average molecular weight is 320 g/mol. The van der Waals surface area contributed by atoms with Gasteiger partial charge in [-0.25, -0.2) is 0 Å². The van der Waals surface area contributed by atoms with E-state index < -0.39 is 6.04 Å². The Morgan fingerprint density at radius 2 is 1.79 bits per heavy atom. The lowest BCUT2D eigenvalue weighted by atomic mass is 10.1. The predicted molar refractivity (Wildman–Crippen MR) is 72.2 cm³/mol. The minimum Gasteiger partial charge on any atom is -0.444 e. The van der Waals surface area contributed by atoms with Crippen molar-refractivity contribution < 1.29 is 8.83 Å². The number of hydrogen-bond acceptors (Lipinski definition) is 5. The lowest BCUT2D eigenvalue weighted by Crippen LogP contribution is -2.11. The standard InChI is InChI=1S/C13H10BrN3O2/c14-10-7-6-9(18-10)12-16-17-13(19-12)11(15)8-4-2-1-3-5-8/h1-7,11H,15H2. The quantitative estimate of drug-likeness (QED) is 0.802. The molecule has 5 nitrogen and oxygen atoms in total. The number of rotatable bonds is 3. The van der Waals surface area contributed by atoms with Crippen molar-refractivity contribution in [2.24, 2.45) is 5.73 Å². The first kappa shape index (κ1) is 12.1. The Hall–Kier alpha value is -1.92. The predicted octanol–water partition coefficient (Wildman–Crippen LogP) is 3.14. The van der Waals surface area contributed by atoms with E-state index in [1.54, 1.807) is 12.1 Å². The molecule has 0 aliphatic heterocycles. The van der Waals surface area contributed by atoms with Gasteiger partial charge in [-0.1, -0.05) is 30.3 Å². The summed E-state index contributed by atoms with van der Waals surface area (Å²) in [6.07, 6.45) is 0. The molecule has 1 aromatic carbocycles. The summed E-state index contributed by atoms with van der Waals surface area (Å²) >= 11 is 3.22. The molecule has 3 aromatic rings. The summed E-state index contributed by atoms with van der Waals surface area (Å²) in [5.74, 6) is 1.17. The molecule has 0 aliphatic rings. The van der Waals surface area contributed by atoms with Crippen LogP contribution in [0.3, 0.4) is 0 Å². The van der Waals surface area contributed by atoms with E-state index in [2.05, 4.69) is 26.1 Å². The molecule has 0 spiro atoms. The molecule has 0 saturated carbocycles. The Morgan fingerprint density at radius 3 is 2.47 bits per heavy atom. The van der Waals surface area contributed by atoms with Crippen LogP contribution in [0.15, 0.2) is 56.0 Å². The molecule has 0 saturated heterocycles. The molecule has 6 heteroatoms. The molecule has 1 atom stereocenters. The fraction of sp³-hybridized carbons (Fsp3) is 0.0769. The van der Waals surface area contributed by atoms with Gasteiger partial charge in [0.05, 0.1) is 0 Å². The number of furan rings is 1. The summed E-state index contributed by atoms with van der Waals surface area (Å²) in [5, 5.41) is 7.90. The average Bonchev–Trinajstić information content (AvgIpc) is 3.07. The van der Waals surface area contributed by atoms with Crippen molar-refractivity contribution in [1.29, 1.82) is 0 Å². The molecule has 0 fully saturated rings. The van der Waals surface area contributed by atoms with Gasteiger partial charge in [0.2, 0.25) is 5.89 Å². The second-order valence-electron chi connectivity index (χ2n) is 3.94. The van der Waals surface area contributed by atoms with Gasteiger partial charge in [0, 0.05) is 0 Å². The van der Waals surface area contributed by atoms with Crippen molar-refractivity contribution in [2.45, 2.75) is 6.04 Å². The molecule has 0 bridgehead atoms. The first-order chi connectivity index (χ1) is 9.24. The topological polar surface area (TPSA) is 78.1 Å². The van der Waals surface area contributed by atoms with Gasteiger partial charge in [-0.2, -0.15) is 0 Å². The summed E-state index contributed by atoms with van der Waals surface area (Å²) in [6, 6.07) is 12.6. The van der Waals surface area contributed by atoms with Crippen molar-refractivity contribution in [2.75, 3.05) is 0 Å². The fourth-order valence-electron chi connectivity index (χ4n) is 1.69. The van der Waals surface area contributed by atoms with Gasteiger partial charge >= 0.3 is 0 Å². The van der Waals surface area contributed by atoms with E-state index in [-0.39, 0.29) is 0 Å². The Labute approximate surface area is 117 Å². The van der Waals surface area contributed by atoms with Crippen LogP contribution in [0.2, 0.25) is 0 Å². The highest BCUT2D eigenvalue weighted by Crippen LogP contribution is 2.26. The van der Waals surface area contributed by atoms with Crippen molar-refractivity contribution in [1.82, 2.24) is 10.2 Å². The SMILES string of the molecule is NC(c1ccccc1)c1nnc(-c2ccc(Br)o2)o1. The fourth-order valence-corrected chi connectivity index (χ4v) is 2.00. The van der Waals surface area contributed by atoms with Crippen LogP contribution in [-0.2, 0) is 0 Å². The van der Waals surface area contributed by atoms with Gasteiger partial charge in [0.25, 0.3) is 5.89 Å². The van der Waals surface area contributed by atoms with Crippen LogP contribution in [0.1, 0.15) is 17.5 Å². The first-order valence-electron chi connectivity index (χ1n) is 5.63. The van der Waals surface area contributed by atoms with E-state index in [1.807, 2.05) is 30.3 Å². The van der Waals surface area contributed by atoms with E-state index in [9.17, 15) is 0 Å². The zero-order valence-electron chi connectivity index (χ0n) is 9.79. The van der Waals surface area contributed by atoms with Gasteiger partial charge in [-0.15, -0.1) is 10.2 Å². The summed E-state index contributed by atoms with van der Waals surface area (Å²) in [6.45, 7) is 0. The maximum absolute atomic E-state index is 6.08. The van der Waals surface area contributed by atoms with Crippen molar-refractivity contribution in [3.8, 4) is 11.7 Å². The Bertz CT molecular complexity index is 678. The smallest absolute Gasteiger partial charge is 0.283 e. The van der Waals surface area contributed by atoms with Crippen molar-refractivity contribution >= 4 is 15.9 Å². The summed E-state index contributed by atoms with van der Waals surface area (Å²) in [7, 11) is 0. The Morgan fingerprint density at radius 1 is 1.00 bits per heavy atom. The van der Waals surface area contributed by atoms with Crippen LogP contribution in [0.25, 0.3) is 11.7 Å². The molecule has 1 unspecified atom stereocenters. The second kappa shape index (κ2) is 4.99. The Kier molecular flexibility index (Phi) is 3.18. The van der Waals surface area contributed by atoms with Crippen LogP contribution in [0.4, 0.5) is 0 Å². The molecule has 2 aromatic heterocycles. The van der Waals surface area contributed by atoms with Gasteiger partial charge in [-0.05, 0) is 33.6 Å². The number of halogens is 1. The highest BCUT2D eigenvalue weighted by atomic mass is 79.9. The summed E-state index contributed by atoms with van der Waals surface area (Å²) in [4.78, 5) is 0. The highest BCUT2D eigenvalue weighted by Gasteiger charge is 2.18. The lowest BCUT2D eigenvalue weighted by molar-refractivity contribution is 0.460. The highest BCUT2D eigenvalue weighted by molar-refractivity contribution is 9.10. The summed E-state index contributed by atoms with van der Waals surface area (Å²) in [5.41, 5.74) is 6.99. The molecule has 3 rings (SSSR count). The lowest BCUT2D eigenvalue weighted by Gasteiger charge is -2.05. The molecule has 19 heavy (non-hydrogen) atoms. The van der Waals surface area contributed by atoms with Crippen LogP contribution in [0.5, 0.6) is 0 Å². The normalized spacial score (nSPS) is 12.5. The third-order valence-corrected chi connectivity index (χ3v) is 3.08. The number of nitrogens with zero attached hydrogens (tertiary/aromatic N) is 2. The van der Waals surface area contributed by atoms with E-state index >= 15 is 0 Å². The number of benzene rings is 1. The molecular formula is C13H10BrN3O2. The number of hydrogen-bond donors (Lipinski definition) is 1. The third kappa shape index (κ3) is 2.45. The zero-order valence-corrected chi connectivity index (χ0v) is 11.4. The maximum Gasteiger partial charge on any atom is 0.283 e. The van der Waals surface area contributed by atoms with Crippen LogP contribution >= 0.6 is 15.9 Å². The number of nitrogens with two attached hydrogens (primary N) is 1. The van der Waals surface area contributed by atoms with Crippen LogP contribution < -0.4 is 5.73 Å². The maximum atomic E-state index is 6.08. The van der Waals surface area contributed by atoms with Crippen molar-refractivity contribution in [3.63, 3.8) is 0 Å². The van der Waals surface area contributed by atoms with Crippen molar-refractivity contribution in [3.05, 3.63) is 58.6 Å². The molecule has 96 valence electrons. The molecule has 0 radical (unpaired) electrons. The second-order valence-corrected chi connectivity index (χ2v) is 4.72. The molecule has 2 heterocycles. The van der Waals surface area contributed by atoms with E-state index in [1.165, 1.54) is 0 Å². The van der Waals surface area contributed by atoms with Gasteiger partial charge in [-0.3, -0.25) is 0 Å². The molecular weight excluding hydrogens is 310 g/mol. The molecule has 0 amide bonds. The Balaban J connectivity index is 1.89. The molecule has 0 aliphatic carbocycles. The van der Waals surface area contributed by atoms with Gasteiger partial charge < -0.3 is 14.6 Å². The van der Waals surface area contributed by atoms with Crippen LogP contribution in [-0.4, -0.2) is 10.2 Å². The van der Waals surface area contributed by atoms with Gasteiger partial charge in [0.1, 0.15) is 6.04 Å². The minimum absolute atomic E-state index is 0.312. The third-order valence-electron chi connectivity index (χ3n) is 2.65. The molecule has 2 N–H and O–H groups in total. The summed E-state index contributed by atoms with van der Waals surface area (Å²) < 4.78 is 11.5. The number of aromatic nitrogens is 2. The van der Waals surface area contributed by atoms with E-state index in [0.29, 0.717) is 22.2 Å². The van der Waals surface area contributed by atoms with Crippen LogP contribution in [0, 0.1) is 0 Å². The minimum atomic E-state index is -0.444. The monoisotopic (exact) mass is 319 g/mol. The zero-order chi connectivity index (χ0) is 13.2.